The van der Waals surface area contributed by atoms with Crippen molar-refractivity contribution in [1.29, 1.82) is 0 Å². The number of hydrazone groups is 1. The van der Waals surface area contributed by atoms with Crippen LogP contribution in [0.2, 0.25) is 0 Å². The fourth-order valence-corrected chi connectivity index (χ4v) is 1.73. The fraction of sp³-hybridized carbons (Fsp3) is 0.0769. The van der Waals surface area contributed by atoms with Gasteiger partial charge in [-0.25, -0.2) is 11.4 Å². The van der Waals surface area contributed by atoms with Gasteiger partial charge in [0.15, 0.2) is 5.84 Å². The van der Waals surface area contributed by atoms with Gasteiger partial charge in [0.2, 0.25) is 0 Å². The third-order valence-corrected chi connectivity index (χ3v) is 2.65. The maximum atomic E-state index is 12.1. The maximum absolute atomic E-state index is 12.1. The molecule has 0 saturated heterocycles. The normalized spacial score (nSPS) is 11.9. The van der Waals surface area contributed by atoms with Crippen LogP contribution in [0.3, 0.4) is 0 Å². The Hall–Kier alpha value is -3.01. The van der Waals surface area contributed by atoms with Crippen molar-refractivity contribution in [2.24, 2.45) is 16.7 Å². The standard InChI is InChI=1S/C13H13F3N6O/c14-13(15,16)23-9-3-1-8(2-4-9)20-11-5-6-19-7-10(11)12(17)21-22-18/h1-7,22H,18H2,(H2,17,21)(H,19,20). The minimum Gasteiger partial charge on any atom is -0.406 e. The summed E-state index contributed by atoms with van der Waals surface area (Å²) in [4.78, 5) is 3.93. The molecule has 0 aliphatic rings. The zero-order chi connectivity index (χ0) is 16.9. The molecule has 1 aromatic heterocycles. The number of nitrogens with zero attached hydrogens (tertiary/aromatic N) is 2. The molecule has 6 N–H and O–H groups in total. The van der Waals surface area contributed by atoms with Crippen LogP contribution in [0, 0.1) is 0 Å². The second kappa shape index (κ2) is 6.83. The molecule has 0 aliphatic heterocycles. The number of anilines is 2. The summed E-state index contributed by atoms with van der Waals surface area (Å²) in [6.07, 6.45) is -1.73. The highest BCUT2D eigenvalue weighted by Gasteiger charge is 2.30. The smallest absolute Gasteiger partial charge is 0.406 e. The van der Waals surface area contributed by atoms with Gasteiger partial charge in [-0.05, 0) is 30.3 Å². The van der Waals surface area contributed by atoms with E-state index in [0.717, 1.165) is 0 Å². The van der Waals surface area contributed by atoms with Crippen molar-refractivity contribution in [3.8, 4) is 5.75 Å². The monoisotopic (exact) mass is 326 g/mol. The molecule has 1 heterocycles. The van der Waals surface area contributed by atoms with Crippen LogP contribution in [0.15, 0.2) is 47.8 Å². The molecular weight excluding hydrogens is 313 g/mol. The molecule has 0 radical (unpaired) electrons. The zero-order valence-electron chi connectivity index (χ0n) is 11.6. The largest absolute Gasteiger partial charge is 0.573 e. The number of nitrogens with one attached hydrogen (secondary N) is 2. The molecule has 0 saturated carbocycles. The number of hydrazine groups is 1. The fourth-order valence-electron chi connectivity index (χ4n) is 1.73. The van der Waals surface area contributed by atoms with Gasteiger partial charge < -0.3 is 15.8 Å². The third kappa shape index (κ3) is 4.74. The molecule has 0 bridgehead atoms. The van der Waals surface area contributed by atoms with E-state index in [4.69, 9.17) is 11.6 Å². The summed E-state index contributed by atoms with van der Waals surface area (Å²) in [6, 6.07) is 6.87. The number of alkyl halides is 3. The molecule has 7 nitrogen and oxygen atoms in total. The highest BCUT2D eigenvalue weighted by molar-refractivity contribution is 6.02. The predicted octanol–water partition coefficient (Wildman–Crippen LogP) is 1.81. The van der Waals surface area contributed by atoms with E-state index < -0.39 is 6.36 Å². The maximum Gasteiger partial charge on any atom is 0.573 e. The second-order valence-electron chi connectivity index (χ2n) is 4.24. The Morgan fingerprint density at radius 2 is 1.87 bits per heavy atom. The number of aromatic nitrogens is 1. The highest BCUT2D eigenvalue weighted by Crippen LogP contribution is 2.26. The van der Waals surface area contributed by atoms with Crippen LogP contribution in [-0.2, 0) is 0 Å². The molecule has 0 fully saturated rings. The van der Waals surface area contributed by atoms with E-state index in [1.807, 2.05) is 0 Å². The van der Waals surface area contributed by atoms with Crippen LogP contribution in [0.25, 0.3) is 0 Å². The van der Waals surface area contributed by atoms with E-state index in [9.17, 15) is 13.2 Å². The summed E-state index contributed by atoms with van der Waals surface area (Å²) in [5, 5.41) is 6.64. The molecular formula is C13H13F3N6O. The van der Waals surface area contributed by atoms with Crippen LogP contribution >= 0.6 is 0 Å². The van der Waals surface area contributed by atoms with Gasteiger partial charge in [-0.3, -0.25) is 4.98 Å². The van der Waals surface area contributed by atoms with Crippen molar-refractivity contribution in [2.75, 3.05) is 5.32 Å². The topological polar surface area (TPSA) is 111 Å². The van der Waals surface area contributed by atoms with Crippen molar-refractivity contribution < 1.29 is 17.9 Å². The van der Waals surface area contributed by atoms with Crippen molar-refractivity contribution in [1.82, 2.24) is 10.5 Å². The molecule has 1 aromatic carbocycles. The summed E-state index contributed by atoms with van der Waals surface area (Å²) < 4.78 is 40.1. The van der Waals surface area contributed by atoms with Crippen LogP contribution < -0.4 is 27.2 Å². The molecule has 0 amide bonds. The summed E-state index contributed by atoms with van der Waals surface area (Å²) >= 11 is 0. The zero-order valence-corrected chi connectivity index (χ0v) is 11.6. The Balaban J connectivity index is 2.18. The van der Waals surface area contributed by atoms with Crippen molar-refractivity contribution >= 4 is 17.2 Å². The van der Waals surface area contributed by atoms with E-state index in [1.54, 1.807) is 6.07 Å². The van der Waals surface area contributed by atoms with Crippen LogP contribution in [0.4, 0.5) is 24.5 Å². The number of rotatable bonds is 5. The summed E-state index contributed by atoms with van der Waals surface area (Å²) in [6.45, 7) is 0. The molecule has 0 aliphatic carbocycles. The van der Waals surface area contributed by atoms with Gasteiger partial charge in [-0.1, -0.05) is 0 Å². The van der Waals surface area contributed by atoms with Crippen molar-refractivity contribution in [2.45, 2.75) is 6.36 Å². The van der Waals surface area contributed by atoms with Crippen molar-refractivity contribution in [3.05, 3.63) is 48.3 Å². The number of benzene rings is 1. The molecule has 2 aromatic rings. The SMILES string of the molecule is NN/N=C(\N)c1cnccc1Nc1ccc(OC(F)(F)F)cc1. The van der Waals surface area contributed by atoms with E-state index in [2.05, 4.69) is 25.7 Å². The lowest BCUT2D eigenvalue weighted by atomic mass is 10.2. The second-order valence-corrected chi connectivity index (χ2v) is 4.24. The minimum absolute atomic E-state index is 0.0973. The van der Waals surface area contributed by atoms with Gasteiger partial charge in [0.25, 0.3) is 0 Å². The minimum atomic E-state index is -4.73. The summed E-state index contributed by atoms with van der Waals surface area (Å²) in [7, 11) is 0. The number of hydrogen-bond acceptors (Lipinski definition) is 6. The Morgan fingerprint density at radius 3 is 2.48 bits per heavy atom. The van der Waals surface area contributed by atoms with E-state index in [-0.39, 0.29) is 11.6 Å². The van der Waals surface area contributed by atoms with Gasteiger partial charge >= 0.3 is 6.36 Å². The van der Waals surface area contributed by atoms with Crippen molar-refractivity contribution in [3.63, 3.8) is 0 Å². The Morgan fingerprint density at radius 1 is 1.17 bits per heavy atom. The first-order valence-electron chi connectivity index (χ1n) is 6.25. The van der Waals surface area contributed by atoms with Gasteiger partial charge in [0.05, 0.1) is 11.3 Å². The predicted molar refractivity (Wildman–Crippen MR) is 78.7 cm³/mol. The highest BCUT2D eigenvalue weighted by atomic mass is 19.4. The number of pyridine rings is 1. The lowest BCUT2D eigenvalue weighted by molar-refractivity contribution is -0.274. The van der Waals surface area contributed by atoms with Crippen LogP contribution in [-0.4, -0.2) is 17.2 Å². The van der Waals surface area contributed by atoms with E-state index in [0.29, 0.717) is 16.9 Å². The first-order chi connectivity index (χ1) is 10.9. The van der Waals surface area contributed by atoms with Gasteiger partial charge in [0, 0.05) is 18.1 Å². The van der Waals surface area contributed by atoms with Gasteiger partial charge in [0.1, 0.15) is 5.75 Å². The molecule has 2 rings (SSSR count). The third-order valence-electron chi connectivity index (χ3n) is 2.65. The lowest BCUT2D eigenvalue weighted by Gasteiger charge is -2.12. The summed E-state index contributed by atoms with van der Waals surface area (Å²) in [5.41, 5.74) is 9.36. The average Bonchev–Trinajstić information content (AvgIpc) is 2.48. The van der Waals surface area contributed by atoms with E-state index >= 15 is 0 Å². The quantitative estimate of drug-likeness (QED) is 0.289. The first kappa shape index (κ1) is 16.4. The molecule has 0 atom stereocenters. The van der Waals surface area contributed by atoms with E-state index in [1.165, 1.54) is 36.7 Å². The molecule has 23 heavy (non-hydrogen) atoms. The molecule has 0 unspecified atom stereocenters. The van der Waals surface area contributed by atoms with Gasteiger partial charge in [-0.15, -0.1) is 18.3 Å². The molecule has 0 spiro atoms. The first-order valence-corrected chi connectivity index (χ1v) is 6.25. The number of ether oxygens (including phenoxy) is 1. The number of hydrogen-bond donors (Lipinski definition) is 4. The average molecular weight is 326 g/mol. The summed E-state index contributed by atoms with van der Waals surface area (Å²) in [5.74, 6) is 4.86. The van der Waals surface area contributed by atoms with Crippen LogP contribution in [0.5, 0.6) is 5.75 Å². The van der Waals surface area contributed by atoms with Gasteiger partial charge in [-0.2, -0.15) is 0 Å². The van der Waals surface area contributed by atoms with Crippen LogP contribution in [0.1, 0.15) is 5.56 Å². The Labute approximate surface area is 129 Å². The molecule has 10 heteroatoms. The number of amidine groups is 1. The lowest BCUT2D eigenvalue weighted by Crippen LogP contribution is -2.23. The number of halogens is 3. The Bertz CT molecular complexity index is 687. The number of nitrogens with two attached hydrogens (primary N) is 2. The molecule has 122 valence electrons. The Kier molecular flexibility index (Phi) is 4.86.